The van der Waals surface area contributed by atoms with Gasteiger partial charge in [0.05, 0.1) is 6.10 Å². The van der Waals surface area contributed by atoms with E-state index in [0.717, 1.165) is 29.7 Å². The van der Waals surface area contributed by atoms with Crippen molar-refractivity contribution in [1.82, 2.24) is 5.32 Å². The minimum Gasteiger partial charge on any atom is -0.381 e. The van der Waals surface area contributed by atoms with Crippen LogP contribution in [0.25, 0.3) is 0 Å². The Bertz CT molecular complexity index is 366. The first-order valence-electron chi connectivity index (χ1n) is 8.40. The normalized spacial score (nSPS) is 54.2. The van der Waals surface area contributed by atoms with Crippen LogP contribution in [0.15, 0.2) is 0 Å². The molecule has 0 aromatic heterocycles. The number of methoxy groups -OCH3 is 1. The number of hydrogen-bond donors (Lipinski definition) is 1. The van der Waals surface area contributed by atoms with Crippen molar-refractivity contribution in [1.29, 1.82) is 0 Å². The molecule has 0 saturated heterocycles. The fourth-order valence-electron chi connectivity index (χ4n) is 6.09. The smallest absolute Gasteiger partial charge is 0.0652 e. The number of fused-ring (bicyclic) bond motifs is 5. The van der Waals surface area contributed by atoms with Gasteiger partial charge in [-0.05, 0) is 55.8 Å². The van der Waals surface area contributed by atoms with Gasteiger partial charge in [0.2, 0.25) is 0 Å². The molecule has 0 spiro atoms. The minimum absolute atomic E-state index is 0.325. The Morgan fingerprint density at radius 1 is 1.00 bits per heavy atom. The molecule has 19 heavy (non-hydrogen) atoms. The van der Waals surface area contributed by atoms with Crippen molar-refractivity contribution in [2.75, 3.05) is 7.11 Å². The molecule has 0 radical (unpaired) electrons. The summed E-state index contributed by atoms with van der Waals surface area (Å²) in [5.74, 6) is 4.27. The summed E-state index contributed by atoms with van der Waals surface area (Å²) in [6.45, 7) is 4.74. The predicted molar refractivity (Wildman–Crippen MR) is 77.0 cm³/mol. The van der Waals surface area contributed by atoms with E-state index >= 15 is 0 Å². The fraction of sp³-hybridized carbons (Fsp3) is 1.00. The van der Waals surface area contributed by atoms with Crippen molar-refractivity contribution in [3.63, 3.8) is 0 Å². The van der Waals surface area contributed by atoms with E-state index in [1.165, 1.54) is 32.1 Å². The summed E-state index contributed by atoms with van der Waals surface area (Å²) >= 11 is 0. The highest BCUT2D eigenvalue weighted by atomic mass is 16.5. The van der Waals surface area contributed by atoms with Gasteiger partial charge in [-0.25, -0.2) is 0 Å². The third-order valence-corrected chi connectivity index (χ3v) is 7.31. The van der Waals surface area contributed by atoms with Gasteiger partial charge in [-0.15, -0.1) is 0 Å². The Kier molecular flexibility index (Phi) is 2.80. The number of nitrogens with one attached hydrogen (secondary N) is 1. The summed E-state index contributed by atoms with van der Waals surface area (Å²) in [4.78, 5) is 0. The molecule has 4 rings (SSSR count). The minimum atomic E-state index is 0.325. The van der Waals surface area contributed by atoms with Crippen LogP contribution in [0, 0.1) is 29.1 Å². The van der Waals surface area contributed by atoms with Crippen LogP contribution in [-0.4, -0.2) is 25.3 Å². The van der Waals surface area contributed by atoms with Gasteiger partial charge in [-0.2, -0.15) is 0 Å². The second-order valence-electron chi connectivity index (χ2n) is 8.26. The average Bonchev–Trinajstić information content (AvgIpc) is 3.05. The van der Waals surface area contributed by atoms with E-state index in [9.17, 15) is 0 Å². The lowest BCUT2D eigenvalue weighted by Gasteiger charge is -2.53. The second kappa shape index (κ2) is 4.21. The van der Waals surface area contributed by atoms with Crippen LogP contribution < -0.4 is 5.32 Å². The quantitative estimate of drug-likeness (QED) is 0.844. The standard InChI is InChI=1S/C17H29NO/c1-17(2)15(9-16(17)19-3)18-14-8-10-7-13(14)12-6-4-5-11(10)12/h10-16,18H,4-9H2,1-3H3. The van der Waals surface area contributed by atoms with E-state index in [1.807, 2.05) is 7.11 Å². The second-order valence-corrected chi connectivity index (χ2v) is 8.26. The van der Waals surface area contributed by atoms with E-state index < -0.39 is 0 Å². The molecule has 4 saturated carbocycles. The molecule has 0 amide bonds. The molecule has 0 aromatic rings. The zero-order valence-corrected chi connectivity index (χ0v) is 12.7. The Hall–Kier alpha value is -0.0800. The van der Waals surface area contributed by atoms with Gasteiger partial charge in [0, 0.05) is 24.6 Å². The third kappa shape index (κ3) is 1.68. The van der Waals surface area contributed by atoms with E-state index in [-0.39, 0.29) is 0 Å². The molecule has 4 aliphatic rings. The zero-order chi connectivity index (χ0) is 13.2. The molecule has 7 atom stereocenters. The molecule has 108 valence electrons. The lowest BCUT2D eigenvalue weighted by Crippen LogP contribution is -2.63. The molecule has 4 fully saturated rings. The fourth-order valence-corrected chi connectivity index (χ4v) is 6.09. The number of hydrogen-bond acceptors (Lipinski definition) is 2. The maximum atomic E-state index is 5.59. The summed E-state index contributed by atoms with van der Waals surface area (Å²) in [5.41, 5.74) is 0.325. The molecule has 1 N–H and O–H groups in total. The van der Waals surface area contributed by atoms with Crippen LogP contribution in [0.5, 0.6) is 0 Å². The van der Waals surface area contributed by atoms with E-state index in [0.29, 0.717) is 17.6 Å². The number of ether oxygens (including phenoxy) is 1. The summed E-state index contributed by atoms with van der Waals surface area (Å²) in [6.07, 6.45) is 9.26. The van der Waals surface area contributed by atoms with Crippen molar-refractivity contribution in [3.05, 3.63) is 0 Å². The van der Waals surface area contributed by atoms with Crippen LogP contribution in [0.4, 0.5) is 0 Å². The Morgan fingerprint density at radius 3 is 2.53 bits per heavy atom. The lowest BCUT2D eigenvalue weighted by molar-refractivity contribution is -0.103. The molecule has 4 aliphatic carbocycles. The van der Waals surface area contributed by atoms with Gasteiger partial charge < -0.3 is 10.1 Å². The summed E-state index contributed by atoms with van der Waals surface area (Å²) in [7, 11) is 1.86. The first-order valence-corrected chi connectivity index (χ1v) is 8.40. The number of rotatable bonds is 3. The zero-order valence-electron chi connectivity index (χ0n) is 12.7. The topological polar surface area (TPSA) is 21.3 Å². The van der Waals surface area contributed by atoms with Gasteiger partial charge in [0.25, 0.3) is 0 Å². The molecule has 0 heterocycles. The summed E-state index contributed by atoms with van der Waals surface area (Å²) in [5, 5.41) is 4.03. The summed E-state index contributed by atoms with van der Waals surface area (Å²) in [6, 6.07) is 1.51. The van der Waals surface area contributed by atoms with Crippen molar-refractivity contribution in [2.24, 2.45) is 29.1 Å². The van der Waals surface area contributed by atoms with Gasteiger partial charge in [0.1, 0.15) is 0 Å². The maximum Gasteiger partial charge on any atom is 0.0652 e. The van der Waals surface area contributed by atoms with Gasteiger partial charge >= 0.3 is 0 Å². The average molecular weight is 263 g/mol. The molecule has 0 aromatic carbocycles. The molecule has 7 unspecified atom stereocenters. The maximum absolute atomic E-state index is 5.59. The van der Waals surface area contributed by atoms with Crippen LogP contribution >= 0.6 is 0 Å². The SMILES string of the molecule is COC1CC(NC2CC3CC2C2CCCC32)C1(C)C. The molecule has 2 heteroatoms. The lowest BCUT2D eigenvalue weighted by atomic mass is 9.64. The van der Waals surface area contributed by atoms with Crippen LogP contribution in [0.2, 0.25) is 0 Å². The predicted octanol–water partition coefficient (Wildman–Crippen LogP) is 3.21. The summed E-state index contributed by atoms with van der Waals surface area (Å²) < 4.78 is 5.59. The van der Waals surface area contributed by atoms with Crippen LogP contribution in [0.3, 0.4) is 0 Å². The van der Waals surface area contributed by atoms with Gasteiger partial charge in [-0.1, -0.05) is 20.3 Å². The first-order chi connectivity index (χ1) is 9.11. The molecular formula is C17H29NO. The highest BCUT2D eigenvalue weighted by molar-refractivity contribution is 5.09. The Balaban J connectivity index is 1.41. The van der Waals surface area contributed by atoms with E-state index in [4.69, 9.17) is 4.74 Å². The van der Waals surface area contributed by atoms with E-state index in [2.05, 4.69) is 19.2 Å². The Labute approximate surface area is 117 Å². The van der Waals surface area contributed by atoms with Crippen molar-refractivity contribution >= 4 is 0 Å². The van der Waals surface area contributed by atoms with Crippen molar-refractivity contribution < 1.29 is 4.74 Å². The van der Waals surface area contributed by atoms with Crippen LogP contribution in [-0.2, 0) is 4.74 Å². The van der Waals surface area contributed by atoms with E-state index in [1.54, 1.807) is 6.42 Å². The molecule has 0 aliphatic heterocycles. The molecule has 2 nitrogen and oxygen atoms in total. The highest BCUT2D eigenvalue weighted by Crippen LogP contribution is 2.59. The van der Waals surface area contributed by atoms with Gasteiger partial charge in [-0.3, -0.25) is 0 Å². The monoisotopic (exact) mass is 263 g/mol. The van der Waals surface area contributed by atoms with Crippen LogP contribution in [0.1, 0.15) is 52.4 Å². The molecule has 2 bridgehead atoms. The van der Waals surface area contributed by atoms with Crippen molar-refractivity contribution in [3.8, 4) is 0 Å². The first kappa shape index (κ1) is 12.6. The molecular weight excluding hydrogens is 234 g/mol. The third-order valence-electron chi connectivity index (χ3n) is 7.31. The van der Waals surface area contributed by atoms with Crippen molar-refractivity contribution in [2.45, 2.75) is 70.6 Å². The highest BCUT2D eigenvalue weighted by Gasteiger charge is 2.56. The largest absolute Gasteiger partial charge is 0.381 e. The Morgan fingerprint density at radius 2 is 1.79 bits per heavy atom. The van der Waals surface area contributed by atoms with Gasteiger partial charge in [0.15, 0.2) is 0 Å².